The van der Waals surface area contributed by atoms with Crippen molar-refractivity contribution in [1.82, 2.24) is 9.97 Å². The van der Waals surface area contributed by atoms with Gasteiger partial charge >= 0.3 is 5.97 Å². The number of hydrogen-bond acceptors (Lipinski definition) is 8. The molecule has 0 spiro atoms. The Kier molecular flexibility index (Phi) is 5.91. The molecule has 2 aromatic carbocycles. The number of ether oxygens (including phenoxy) is 3. The molecule has 1 aromatic heterocycles. The number of anilines is 4. The quantitative estimate of drug-likeness (QED) is 0.598. The molecule has 0 unspecified atom stereocenters. The number of benzene rings is 2. The zero-order valence-corrected chi connectivity index (χ0v) is 15.7. The molecule has 0 amide bonds. The maximum atomic E-state index is 11.5. The Bertz CT molecular complexity index is 961. The maximum absolute atomic E-state index is 11.5. The topological polar surface area (TPSA) is 94.6 Å². The highest BCUT2D eigenvalue weighted by Crippen LogP contribution is 2.30. The average molecular weight is 380 g/mol. The minimum Gasteiger partial charge on any atom is -0.497 e. The van der Waals surface area contributed by atoms with Crippen molar-refractivity contribution in [2.75, 3.05) is 32.0 Å². The lowest BCUT2D eigenvalue weighted by atomic mass is 10.2. The molecule has 3 aromatic rings. The van der Waals surface area contributed by atoms with E-state index in [1.807, 2.05) is 12.1 Å². The second-order valence-corrected chi connectivity index (χ2v) is 5.65. The SMILES string of the molecule is COC(=O)c1ccc(Nc2ccnc(Nc3ccc(OC)cc3OC)n2)cc1. The van der Waals surface area contributed by atoms with Gasteiger partial charge in [-0.15, -0.1) is 0 Å². The molecule has 0 radical (unpaired) electrons. The smallest absolute Gasteiger partial charge is 0.337 e. The molecule has 3 rings (SSSR count). The fourth-order valence-electron chi connectivity index (χ4n) is 2.47. The molecule has 0 saturated heterocycles. The summed E-state index contributed by atoms with van der Waals surface area (Å²) in [4.78, 5) is 20.2. The summed E-state index contributed by atoms with van der Waals surface area (Å²) in [5.74, 6) is 1.91. The molecule has 2 N–H and O–H groups in total. The van der Waals surface area contributed by atoms with E-state index in [2.05, 4.69) is 20.6 Å². The number of hydrogen-bond donors (Lipinski definition) is 2. The summed E-state index contributed by atoms with van der Waals surface area (Å²) in [5.41, 5.74) is 1.96. The monoisotopic (exact) mass is 380 g/mol. The highest BCUT2D eigenvalue weighted by Gasteiger charge is 2.08. The Morgan fingerprint density at radius 1 is 0.929 bits per heavy atom. The van der Waals surface area contributed by atoms with E-state index in [4.69, 9.17) is 14.2 Å². The van der Waals surface area contributed by atoms with E-state index >= 15 is 0 Å². The molecule has 0 aliphatic heterocycles. The van der Waals surface area contributed by atoms with Gasteiger partial charge in [0.1, 0.15) is 17.3 Å². The normalized spacial score (nSPS) is 10.1. The molecule has 0 aliphatic rings. The lowest BCUT2D eigenvalue weighted by Crippen LogP contribution is -2.03. The van der Waals surface area contributed by atoms with E-state index in [1.165, 1.54) is 7.11 Å². The number of nitrogens with one attached hydrogen (secondary N) is 2. The van der Waals surface area contributed by atoms with Gasteiger partial charge in [-0.2, -0.15) is 4.98 Å². The van der Waals surface area contributed by atoms with Gasteiger partial charge < -0.3 is 24.8 Å². The average Bonchev–Trinajstić information content (AvgIpc) is 2.74. The van der Waals surface area contributed by atoms with Crippen LogP contribution in [-0.4, -0.2) is 37.3 Å². The van der Waals surface area contributed by atoms with E-state index < -0.39 is 0 Å². The van der Waals surface area contributed by atoms with E-state index in [9.17, 15) is 4.79 Å². The third-order valence-corrected chi connectivity index (χ3v) is 3.89. The second kappa shape index (κ2) is 8.72. The van der Waals surface area contributed by atoms with Crippen LogP contribution in [0.4, 0.5) is 23.1 Å². The Balaban J connectivity index is 1.75. The zero-order chi connectivity index (χ0) is 19.9. The first-order valence-electron chi connectivity index (χ1n) is 8.40. The van der Waals surface area contributed by atoms with Gasteiger partial charge in [-0.25, -0.2) is 9.78 Å². The summed E-state index contributed by atoms with van der Waals surface area (Å²) in [6.45, 7) is 0. The molecule has 144 valence electrons. The summed E-state index contributed by atoms with van der Waals surface area (Å²) < 4.78 is 15.3. The van der Waals surface area contributed by atoms with Crippen molar-refractivity contribution in [3.8, 4) is 11.5 Å². The highest BCUT2D eigenvalue weighted by atomic mass is 16.5. The minimum atomic E-state index is -0.381. The van der Waals surface area contributed by atoms with Gasteiger partial charge in [0, 0.05) is 18.0 Å². The molecular weight excluding hydrogens is 360 g/mol. The number of nitrogens with zero attached hydrogens (tertiary/aromatic N) is 2. The van der Waals surface area contributed by atoms with Crippen molar-refractivity contribution in [3.05, 3.63) is 60.3 Å². The van der Waals surface area contributed by atoms with Gasteiger partial charge in [-0.05, 0) is 42.5 Å². The molecule has 0 fully saturated rings. The lowest BCUT2D eigenvalue weighted by molar-refractivity contribution is 0.0601. The van der Waals surface area contributed by atoms with Crippen LogP contribution >= 0.6 is 0 Å². The molecule has 0 aliphatic carbocycles. The Morgan fingerprint density at radius 2 is 1.71 bits per heavy atom. The predicted octanol–water partition coefficient (Wildman–Crippen LogP) is 3.77. The van der Waals surface area contributed by atoms with Crippen molar-refractivity contribution < 1.29 is 19.0 Å². The lowest BCUT2D eigenvalue weighted by Gasteiger charge is -2.12. The van der Waals surface area contributed by atoms with Crippen LogP contribution in [0, 0.1) is 0 Å². The van der Waals surface area contributed by atoms with Gasteiger partial charge in [0.15, 0.2) is 0 Å². The first kappa shape index (κ1) is 19.0. The third-order valence-electron chi connectivity index (χ3n) is 3.89. The number of methoxy groups -OCH3 is 3. The number of rotatable bonds is 7. The molecule has 0 bridgehead atoms. The molecule has 0 atom stereocenters. The van der Waals surface area contributed by atoms with Crippen molar-refractivity contribution in [1.29, 1.82) is 0 Å². The fourth-order valence-corrected chi connectivity index (χ4v) is 2.47. The van der Waals surface area contributed by atoms with Crippen LogP contribution in [0.5, 0.6) is 11.5 Å². The highest BCUT2D eigenvalue weighted by molar-refractivity contribution is 5.89. The predicted molar refractivity (Wildman–Crippen MR) is 106 cm³/mol. The van der Waals surface area contributed by atoms with Crippen LogP contribution in [-0.2, 0) is 4.74 Å². The van der Waals surface area contributed by atoms with Gasteiger partial charge in [0.25, 0.3) is 0 Å². The molecule has 1 heterocycles. The van der Waals surface area contributed by atoms with Crippen molar-refractivity contribution in [2.45, 2.75) is 0 Å². The van der Waals surface area contributed by atoms with Crippen LogP contribution < -0.4 is 20.1 Å². The maximum Gasteiger partial charge on any atom is 0.337 e. The summed E-state index contributed by atoms with van der Waals surface area (Å²) in [5, 5.41) is 6.30. The summed E-state index contributed by atoms with van der Waals surface area (Å²) >= 11 is 0. The molecule has 0 saturated carbocycles. The third kappa shape index (κ3) is 4.47. The number of esters is 1. The van der Waals surface area contributed by atoms with Crippen LogP contribution in [0.25, 0.3) is 0 Å². The standard InChI is InChI=1S/C20H20N4O4/c1-26-15-8-9-16(17(12-15)27-2)23-20-21-11-10-18(24-20)22-14-6-4-13(5-7-14)19(25)28-3/h4-12H,1-3H3,(H2,21,22,23,24). The second-order valence-electron chi connectivity index (χ2n) is 5.65. The van der Waals surface area contributed by atoms with E-state index in [-0.39, 0.29) is 5.97 Å². The first-order chi connectivity index (χ1) is 13.6. The Morgan fingerprint density at radius 3 is 2.39 bits per heavy atom. The molecular formula is C20H20N4O4. The van der Waals surface area contributed by atoms with Crippen molar-refractivity contribution >= 4 is 29.1 Å². The Hall–Kier alpha value is -3.81. The van der Waals surface area contributed by atoms with Gasteiger partial charge in [0.05, 0.1) is 32.6 Å². The van der Waals surface area contributed by atoms with Gasteiger partial charge in [-0.3, -0.25) is 0 Å². The van der Waals surface area contributed by atoms with Crippen LogP contribution in [0.3, 0.4) is 0 Å². The van der Waals surface area contributed by atoms with E-state index in [0.29, 0.717) is 34.5 Å². The summed E-state index contributed by atoms with van der Waals surface area (Å²) in [6, 6.07) is 14.1. The number of carbonyl (C=O) groups excluding carboxylic acids is 1. The number of aromatic nitrogens is 2. The molecule has 8 nitrogen and oxygen atoms in total. The van der Waals surface area contributed by atoms with Crippen LogP contribution in [0.1, 0.15) is 10.4 Å². The fraction of sp³-hybridized carbons (Fsp3) is 0.150. The van der Waals surface area contributed by atoms with Crippen LogP contribution in [0.15, 0.2) is 54.7 Å². The zero-order valence-electron chi connectivity index (χ0n) is 15.7. The largest absolute Gasteiger partial charge is 0.497 e. The van der Waals surface area contributed by atoms with E-state index in [0.717, 1.165) is 5.69 Å². The van der Waals surface area contributed by atoms with Crippen molar-refractivity contribution in [2.24, 2.45) is 0 Å². The first-order valence-corrected chi connectivity index (χ1v) is 8.40. The summed E-state index contributed by atoms with van der Waals surface area (Å²) in [6.07, 6.45) is 1.64. The van der Waals surface area contributed by atoms with Gasteiger partial charge in [-0.1, -0.05) is 0 Å². The molecule has 28 heavy (non-hydrogen) atoms. The molecule has 8 heteroatoms. The van der Waals surface area contributed by atoms with Gasteiger partial charge in [0.2, 0.25) is 5.95 Å². The Labute approximate surface area is 162 Å². The van der Waals surface area contributed by atoms with Crippen LogP contribution in [0.2, 0.25) is 0 Å². The van der Waals surface area contributed by atoms with E-state index in [1.54, 1.807) is 56.8 Å². The van der Waals surface area contributed by atoms with Crippen molar-refractivity contribution in [3.63, 3.8) is 0 Å². The summed E-state index contributed by atoms with van der Waals surface area (Å²) in [7, 11) is 4.52. The minimum absolute atomic E-state index is 0.381. The number of carbonyl (C=O) groups is 1.